The molecule has 0 radical (unpaired) electrons. The molecule has 0 atom stereocenters. The summed E-state index contributed by atoms with van der Waals surface area (Å²) in [4.78, 5) is 13.4. The molecular formula is C27H33N3O2. The van der Waals surface area contributed by atoms with E-state index in [1.165, 1.54) is 27.8 Å². The van der Waals surface area contributed by atoms with Gasteiger partial charge in [-0.05, 0) is 62.8 Å². The van der Waals surface area contributed by atoms with Crippen LogP contribution in [0.2, 0.25) is 0 Å². The Labute approximate surface area is 190 Å². The van der Waals surface area contributed by atoms with Gasteiger partial charge in [-0.25, -0.2) is 0 Å². The van der Waals surface area contributed by atoms with Gasteiger partial charge in [0.2, 0.25) is 5.91 Å². The first kappa shape index (κ1) is 22.3. The van der Waals surface area contributed by atoms with Crippen molar-refractivity contribution in [3.8, 4) is 11.1 Å². The average molecular weight is 432 g/mol. The molecule has 2 aromatic carbocycles. The van der Waals surface area contributed by atoms with E-state index in [1.807, 2.05) is 23.9 Å². The first-order valence-corrected chi connectivity index (χ1v) is 11.5. The summed E-state index contributed by atoms with van der Waals surface area (Å²) < 4.78 is 7.49. The monoisotopic (exact) mass is 431 g/mol. The number of carbonyl (C=O) groups excluding carboxylic acids is 1. The number of hydrogen-bond acceptors (Lipinski definition) is 3. The third-order valence-corrected chi connectivity index (χ3v) is 6.36. The first-order chi connectivity index (χ1) is 15.4. The molecule has 1 amide bonds. The molecule has 168 valence electrons. The van der Waals surface area contributed by atoms with Crippen LogP contribution in [0.3, 0.4) is 0 Å². The predicted molar refractivity (Wildman–Crippen MR) is 128 cm³/mol. The second-order valence-corrected chi connectivity index (χ2v) is 9.12. The van der Waals surface area contributed by atoms with Gasteiger partial charge in [-0.1, -0.05) is 53.6 Å². The maximum Gasteiger partial charge on any atom is 0.226 e. The number of aromatic nitrogens is 2. The number of hydrogen-bond donors (Lipinski definition) is 1. The van der Waals surface area contributed by atoms with Crippen molar-refractivity contribution in [1.29, 1.82) is 0 Å². The highest BCUT2D eigenvalue weighted by Crippen LogP contribution is 2.36. The summed E-state index contributed by atoms with van der Waals surface area (Å²) in [7, 11) is 0. The van der Waals surface area contributed by atoms with E-state index in [0.29, 0.717) is 26.3 Å². The van der Waals surface area contributed by atoms with Crippen LogP contribution in [0, 0.1) is 26.2 Å². The first-order valence-electron chi connectivity index (χ1n) is 11.5. The maximum absolute atomic E-state index is 13.4. The Hall–Kier alpha value is -2.92. The molecule has 1 saturated heterocycles. The van der Waals surface area contributed by atoms with Crippen LogP contribution >= 0.6 is 0 Å². The zero-order valence-corrected chi connectivity index (χ0v) is 19.4. The van der Waals surface area contributed by atoms with Crippen molar-refractivity contribution in [3.63, 3.8) is 0 Å². The third kappa shape index (κ3) is 5.28. The number of nitrogens with one attached hydrogen (secondary N) is 1. The SMILES string of the molecule is Cc1cc(C)cc(-c2cccc(CC3(C(=O)NCCn4ccc(C)n4)CCOCC3)c2)c1. The molecule has 32 heavy (non-hydrogen) atoms. The molecule has 0 spiro atoms. The topological polar surface area (TPSA) is 56.2 Å². The van der Waals surface area contributed by atoms with Gasteiger partial charge in [-0.3, -0.25) is 9.48 Å². The van der Waals surface area contributed by atoms with Crippen molar-refractivity contribution in [2.75, 3.05) is 19.8 Å². The van der Waals surface area contributed by atoms with Gasteiger partial charge in [-0.2, -0.15) is 5.10 Å². The van der Waals surface area contributed by atoms with Gasteiger partial charge >= 0.3 is 0 Å². The van der Waals surface area contributed by atoms with E-state index >= 15 is 0 Å². The van der Waals surface area contributed by atoms with Gasteiger partial charge in [0.15, 0.2) is 0 Å². The van der Waals surface area contributed by atoms with Gasteiger partial charge in [0.25, 0.3) is 0 Å². The molecule has 0 aliphatic carbocycles. The van der Waals surface area contributed by atoms with Crippen LogP contribution in [0.25, 0.3) is 11.1 Å². The van der Waals surface area contributed by atoms with Crippen LogP contribution in [0.15, 0.2) is 54.7 Å². The Balaban J connectivity index is 1.50. The van der Waals surface area contributed by atoms with Gasteiger partial charge in [-0.15, -0.1) is 0 Å². The smallest absolute Gasteiger partial charge is 0.226 e. The van der Waals surface area contributed by atoms with E-state index < -0.39 is 5.41 Å². The van der Waals surface area contributed by atoms with Gasteiger partial charge in [0, 0.05) is 26.0 Å². The summed E-state index contributed by atoms with van der Waals surface area (Å²) in [5, 5.41) is 7.58. The van der Waals surface area contributed by atoms with Crippen molar-refractivity contribution in [2.24, 2.45) is 5.41 Å². The van der Waals surface area contributed by atoms with Crippen LogP contribution in [0.4, 0.5) is 0 Å². The van der Waals surface area contributed by atoms with E-state index in [0.717, 1.165) is 25.0 Å². The number of benzene rings is 2. The van der Waals surface area contributed by atoms with Gasteiger partial charge in [0.1, 0.15) is 0 Å². The fourth-order valence-electron chi connectivity index (χ4n) is 4.70. The summed E-state index contributed by atoms with van der Waals surface area (Å²) in [6.07, 6.45) is 4.16. The fraction of sp³-hybridized carbons (Fsp3) is 0.407. The van der Waals surface area contributed by atoms with Crippen molar-refractivity contribution in [2.45, 2.75) is 46.6 Å². The second-order valence-electron chi connectivity index (χ2n) is 9.12. The van der Waals surface area contributed by atoms with E-state index in [9.17, 15) is 4.79 Å². The molecule has 0 bridgehead atoms. The highest BCUT2D eigenvalue weighted by atomic mass is 16.5. The molecule has 1 N–H and O–H groups in total. The minimum atomic E-state index is -0.431. The van der Waals surface area contributed by atoms with Crippen LogP contribution < -0.4 is 5.32 Å². The van der Waals surface area contributed by atoms with Crippen LogP contribution in [0.5, 0.6) is 0 Å². The number of rotatable bonds is 7. The molecule has 3 aromatic rings. The highest BCUT2D eigenvalue weighted by Gasteiger charge is 2.40. The zero-order valence-electron chi connectivity index (χ0n) is 19.4. The molecule has 0 saturated carbocycles. The van der Waals surface area contributed by atoms with Crippen LogP contribution in [-0.2, 0) is 22.5 Å². The Kier molecular flexibility index (Phi) is 6.75. The van der Waals surface area contributed by atoms with Gasteiger partial charge < -0.3 is 10.1 Å². The fourth-order valence-corrected chi connectivity index (χ4v) is 4.70. The predicted octanol–water partition coefficient (Wildman–Crippen LogP) is 4.63. The zero-order chi connectivity index (χ0) is 22.6. The third-order valence-electron chi connectivity index (χ3n) is 6.36. The Bertz CT molecular complexity index is 1060. The summed E-state index contributed by atoms with van der Waals surface area (Å²) in [5.41, 5.74) is 6.70. The summed E-state index contributed by atoms with van der Waals surface area (Å²) in [5.74, 6) is 0.126. The molecule has 0 unspecified atom stereocenters. The molecule has 1 aliphatic heterocycles. The maximum atomic E-state index is 13.4. The average Bonchev–Trinajstić information content (AvgIpc) is 3.19. The van der Waals surface area contributed by atoms with Crippen LogP contribution in [-0.4, -0.2) is 35.4 Å². The molecule has 1 aliphatic rings. The van der Waals surface area contributed by atoms with Crippen molar-refractivity contribution >= 4 is 5.91 Å². The molecule has 1 aromatic heterocycles. The lowest BCUT2D eigenvalue weighted by Crippen LogP contribution is -2.46. The summed E-state index contributed by atoms with van der Waals surface area (Å²) in [6.45, 7) is 8.74. The Morgan fingerprint density at radius 2 is 1.78 bits per heavy atom. The highest BCUT2D eigenvalue weighted by molar-refractivity contribution is 5.83. The Morgan fingerprint density at radius 1 is 1.03 bits per heavy atom. The lowest BCUT2D eigenvalue weighted by molar-refractivity contribution is -0.136. The molecule has 2 heterocycles. The molecular weight excluding hydrogens is 398 g/mol. The van der Waals surface area contributed by atoms with Crippen molar-refractivity contribution < 1.29 is 9.53 Å². The molecule has 5 nitrogen and oxygen atoms in total. The van der Waals surface area contributed by atoms with E-state index in [2.05, 4.69) is 66.7 Å². The largest absolute Gasteiger partial charge is 0.381 e. The number of aryl methyl sites for hydroxylation is 3. The standard InChI is InChI=1S/C27H33N3O2/c1-20-15-21(2)17-25(16-20)24-6-4-5-23(18-24)19-27(8-13-32-14-9-27)26(31)28-10-12-30-11-7-22(3)29-30/h4-7,11,15-18H,8-10,12-14,19H2,1-3H3,(H,28,31). The van der Waals surface area contributed by atoms with Gasteiger partial charge in [0.05, 0.1) is 17.7 Å². The van der Waals surface area contributed by atoms with E-state index in [-0.39, 0.29) is 5.91 Å². The number of nitrogens with zero attached hydrogens (tertiary/aromatic N) is 2. The number of ether oxygens (including phenoxy) is 1. The van der Waals surface area contributed by atoms with E-state index in [1.54, 1.807) is 0 Å². The minimum Gasteiger partial charge on any atom is -0.381 e. The van der Waals surface area contributed by atoms with Crippen molar-refractivity contribution in [3.05, 3.63) is 77.1 Å². The molecule has 1 fully saturated rings. The lowest BCUT2D eigenvalue weighted by Gasteiger charge is -2.36. The van der Waals surface area contributed by atoms with E-state index in [4.69, 9.17) is 4.74 Å². The summed E-state index contributed by atoms with van der Waals surface area (Å²) in [6, 6.07) is 17.3. The molecule has 5 heteroatoms. The second kappa shape index (κ2) is 9.70. The number of carbonyl (C=O) groups is 1. The minimum absolute atomic E-state index is 0.126. The Morgan fingerprint density at radius 3 is 2.47 bits per heavy atom. The summed E-state index contributed by atoms with van der Waals surface area (Å²) >= 11 is 0. The van der Waals surface area contributed by atoms with Crippen LogP contribution in [0.1, 0.15) is 35.2 Å². The number of amides is 1. The van der Waals surface area contributed by atoms with Crippen molar-refractivity contribution in [1.82, 2.24) is 15.1 Å². The normalized spacial score (nSPS) is 15.5. The quantitative estimate of drug-likeness (QED) is 0.593. The lowest BCUT2D eigenvalue weighted by atomic mass is 9.74. The molecule has 4 rings (SSSR count).